The molecule has 1 aromatic carbocycles. The van der Waals surface area contributed by atoms with Gasteiger partial charge in [-0.1, -0.05) is 12.1 Å². The Bertz CT molecular complexity index is 646. The molecule has 1 aliphatic rings. The Labute approximate surface area is 121 Å². The number of pyridine rings is 1. The highest BCUT2D eigenvalue weighted by Gasteiger charge is 2.24. The molecule has 1 saturated carbocycles. The maximum Gasteiger partial charge on any atom is 0.257 e. The monoisotopic (exact) mass is 288 g/mol. The van der Waals surface area contributed by atoms with E-state index >= 15 is 0 Å². The van der Waals surface area contributed by atoms with Gasteiger partial charge < -0.3 is 5.32 Å². The fourth-order valence-electron chi connectivity index (χ4n) is 2.15. The van der Waals surface area contributed by atoms with Crippen molar-refractivity contribution < 1.29 is 13.6 Å². The van der Waals surface area contributed by atoms with Gasteiger partial charge in [0.25, 0.3) is 5.91 Å². The van der Waals surface area contributed by atoms with Gasteiger partial charge in [0.15, 0.2) is 0 Å². The van der Waals surface area contributed by atoms with Crippen LogP contribution in [-0.4, -0.2) is 10.9 Å². The van der Waals surface area contributed by atoms with Crippen LogP contribution in [0.4, 0.5) is 8.78 Å². The molecule has 1 aromatic heterocycles. The van der Waals surface area contributed by atoms with Crippen molar-refractivity contribution in [3.8, 4) is 0 Å². The smallest absolute Gasteiger partial charge is 0.257 e. The molecule has 0 atom stereocenters. The van der Waals surface area contributed by atoms with Gasteiger partial charge in [-0.25, -0.2) is 8.78 Å². The second kappa shape index (κ2) is 5.60. The van der Waals surface area contributed by atoms with Crippen molar-refractivity contribution in [2.24, 2.45) is 0 Å². The first-order valence-electron chi connectivity index (χ1n) is 6.82. The first-order valence-corrected chi connectivity index (χ1v) is 6.82. The van der Waals surface area contributed by atoms with Crippen molar-refractivity contribution in [1.82, 2.24) is 10.3 Å². The lowest BCUT2D eigenvalue weighted by Crippen LogP contribution is -2.25. The maximum atomic E-state index is 13.5. The minimum Gasteiger partial charge on any atom is -0.348 e. The molecule has 0 aliphatic heterocycles. The predicted molar refractivity (Wildman–Crippen MR) is 73.7 cm³/mol. The Morgan fingerprint density at radius 2 is 1.90 bits per heavy atom. The van der Waals surface area contributed by atoms with E-state index in [0.717, 1.165) is 23.4 Å². The van der Waals surface area contributed by atoms with Gasteiger partial charge in [-0.15, -0.1) is 0 Å². The molecule has 0 radical (unpaired) electrons. The molecular formula is C16H14F2N2O. The van der Waals surface area contributed by atoms with Crippen LogP contribution >= 0.6 is 0 Å². The summed E-state index contributed by atoms with van der Waals surface area (Å²) < 4.78 is 26.9. The number of carbonyl (C=O) groups is 1. The molecule has 0 bridgehead atoms. The fraction of sp³-hybridized carbons (Fsp3) is 0.250. The summed E-state index contributed by atoms with van der Waals surface area (Å²) in [4.78, 5) is 16.2. The number of hydrogen-bond acceptors (Lipinski definition) is 2. The zero-order valence-corrected chi connectivity index (χ0v) is 11.3. The van der Waals surface area contributed by atoms with Gasteiger partial charge >= 0.3 is 0 Å². The summed E-state index contributed by atoms with van der Waals surface area (Å²) in [7, 11) is 0. The molecule has 5 heteroatoms. The second-order valence-corrected chi connectivity index (χ2v) is 5.14. The van der Waals surface area contributed by atoms with Crippen LogP contribution in [0.2, 0.25) is 0 Å². The lowest BCUT2D eigenvalue weighted by Gasteiger charge is -2.07. The summed E-state index contributed by atoms with van der Waals surface area (Å²) in [5.74, 6) is -1.93. The van der Waals surface area contributed by atoms with Gasteiger partial charge in [-0.2, -0.15) is 0 Å². The number of carbonyl (C=O) groups excluding carboxylic acids is 1. The molecule has 0 spiro atoms. The first-order chi connectivity index (χ1) is 10.1. The molecule has 0 unspecified atom stereocenters. The second-order valence-electron chi connectivity index (χ2n) is 5.14. The highest BCUT2D eigenvalue weighted by Crippen LogP contribution is 2.38. The average Bonchev–Trinajstić information content (AvgIpc) is 3.30. The third kappa shape index (κ3) is 3.07. The van der Waals surface area contributed by atoms with Crippen molar-refractivity contribution >= 4 is 5.91 Å². The average molecular weight is 288 g/mol. The van der Waals surface area contributed by atoms with E-state index < -0.39 is 23.1 Å². The van der Waals surface area contributed by atoms with Crippen molar-refractivity contribution in [3.63, 3.8) is 0 Å². The van der Waals surface area contributed by atoms with Gasteiger partial charge in [0.2, 0.25) is 0 Å². The van der Waals surface area contributed by atoms with Gasteiger partial charge in [-0.05, 0) is 36.6 Å². The quantitative estimate of drug-likeness (QED) is 0.939. The van der Waals surface area contributed by atoms with Crippen LogP contribution in [0.1, 0.15) is 40.4 Å². The third-order valence-corrected chi connectivity index (χ3v) is 3.49. The van der Waals surface area contributed by atoms with Crippen LogP contribution in [0, 0.1) is 11.6 Å². The summed E-state index contributed by atoms with van der Waals surface area (Å²) >= 11 is 0. The molecule has 1 N–H and O–H groups in total. The van der Waals surface area contributed by atoms with E-state index in [0.29, 0.717) is 5.92 Å². The summed E-state index contributed by atoms with van der Waals surface area (Å²) in [6, 6.07) is 7.15. The molecule has 1 aliphatic carbocycles. The first kappa shape index (κ1) is 13.7. The Morgan fingerprint density at radius 1 is 1.19 bits per heavy atom. The molecule has 1 fully saturated rings. The van der Waals surface area contributed by atoms with Gasteiger partial charge in [0, 0.05) is 24.4 Å². The molecule has 1 heterocycles. The minimum atomic E-state index is -0.866. The Morgan fingerprint density at radius 3 is 2.48 bits per heavy atom. The summed E-state index contributed by atoms with van der Waals surface area (Å²) in [5.41, 5.74) is 1.30. The zero-order valence-electron chi connectivity index (χ0n) is 11.3. The van der Waals surface area contributed by atoms with Crippen molar-refractivity contribution in [2.75, 3.05) is 0 Å². The summed E-state index contributed by atoms with van der Waals surface area (Å²) in [6.07, 6.45) is 4.04. The molecule has 2 aromatic rings. The van der Waals surface area contributed by atoms with E-state index in [2.05, 4.69) is 10.3 Å². The number of halogens is 2. The normalized spacial score (nSPS) is 14.0. The Kier molecular flexibility index (Phi) is 3.64. The lowest BCUT2D eigenvalue weighted by atomic mass is 10.1. The van der Waals surface area contributed by atoms with E-state index in [-0.39, 0.29) is 6.54 Å². The molecule has 3 rings (SSSR count). The van der Waals surface area contributed by atoms with E-state index in [1.54, 1.807) is 6.20 Å². The van der Waals surface area contributed by atoms with E-state index in [9.17, 15) is 13.6 Å². The van der Waals surface area contributed by atoms with Crippen molar-refractivity contribution in [3.05, 3.63) is 65.0 Å². The Balaban J connectivity index is 1.65. The number of hydrogen-bond donors (Lipinski definition) is 1. The predicted octanol–water partition coefficient (Wildman–Crippen LogP) is 3.17. The fourth-order valence-corrected chi connectivity index (χ4v) is 2.15. The van der Waals surface area contributed by atoms with Crippen LogP contribution in [0.5, 0.6) is 0 Å². The van der Waals surface area contributed by atoms with Gasteiger partial charge in [0.05, 0.1) is 0 Å². The van der Waals surface area contributed by atoms with E-state index in [1.807, 2.05) is 12.1 Å². The highest BCUT2D eigenvalue weighted by atomic mass is 19.1. The highest BCUT2D eigenvalue weighted by molar-refractivity contribution is 5.94. The van der Waals surface area contributed by atoms with Crippen LogP contribution in [0.15, 0.2) is 36.5 Å². The topological polar surface area (TPSA) is 42.0 Å². The lowest BCUT2D eigenvalue weighted by molar-refractivity contribution is 0.0942. The molecule has 1 amide bonds. The minimum absolute atomic E-state index is 0.185. The maximum absolute atomic E-state index is 13.5. The summed E-state index contributed by atoms with van der Waals surface area (Å²) in [5, 5.41) is 2.50. The molecule has 108 valence electrons. The molecule has 21 heavy (non-hydrogen) atoms. The number of aromatic nitrogens is 1. The Hall–Kier alpha value is -2.30. The van der Waals surface area contributed by atoms with Crippen molar-refractivity contribution in [1.29, 1.82) is 0 Å². The number of nitrogens with one attached hydrogen (secondary N) is 1. The van der Waals surface area contributed by atoms with E-state index in [4.69, 9.17) is 0 Å². The molecule has 3 nitrogen and oxygen atoms in total. The van der Waals surface area contributed by atoms with E-state index in [1.165, 1.54) is 18.9 Å². The summed E-state index contributed by atoms with van der Waals surface area (Å²) in [6.45, 7) is 0.185. The van der Waals surface area contributed by atoms with Gasteiger partial charge in [0.1, 0.15) is 17.2 Å². The van der Waals surface area contributed by atoms with Crippen LogP contribution in [0.3, 0.4) is 0 Å². The number of amides is 1. The number of nitrogens with zero attached hydrogens (tertiary/aromatic N) is 1. The number of rotatable bonds is 4. The molecular weight excluding hydrogens is 274 g/mol. The van der Waals surface area contributed by atoms with Crippen LogP contribution < -0.4 is 5.32 Å². The molecule has 0 saturated heterocycles. The zero-order chi connectivity index (χ0) is 14.8. The standard InChI is InChI=1S/C16H14F2N2O/c17-12-2-1-3-13(18)15(12)16(21)20-9-10-4-7-14(19-8-10)11-5-6-11/h1-4,7-8,11H,5-6,9H2,(H,20,21). The van der Waals surface area contributed by atoms with Crippen LogP contribution in [-0.2, 0) is 6.54 Å². The van der Waals surface area contributed by atoms with Crippen LogP contribution in [0.25, 0.3) is 0 Å². The largest absolute Gasteiger partial charge is 0.348 e. The van der Waals surface area contributed by atoms with Crippen molar-refractivity contribution in [2.45, 2.75) is 25.3 Å². The number of benzene rings is 1. The van der Waals surface area contributed by atoms with Gasteiger partial charge in [-0.3, -0.25) is 9.78 Å². The SMILES string of the molecule is O=C(NCc1ccc(C2CC2)nc1)c1c(F)cccc1F. The third-order valence-electron chi connectivity index (χ3n) is 3.49.